The Labute approximate surface area is 65.8 Å². The van der Waals surface area contributed by atoms with Crippen molar-refractivity contribution in [3.63, 3.8) is 0 Å². The molecule has 0 saturated carbocycles. The first-order chi connectivity index (χ1) is 4.24. The summed E-state index contributed by atoms with van der Waals surface area (Å²) in [5, 5.41) is 3.81. The summed E-state index contributed by atoms with van der Waals surface area (Å²) in [5.41, 5.74) is 0. The Morgan fingerprint density at radius 2 is 2.67 bits per heavy atom. The maximum absolute atomic E-state index is 7.07. The van der Waals surface area contributed by atoms with Gasteiger partial charge in [-0.3, -0.25) is 4.68 Å². The molecule has 0 unspecified atom stereocenters. The molecule has 0 bridgehead atoms. The molecule has 0 fully saturated rings. The third-order valence-electron chi connectivity index (χ3n) is 0.709. The van der Waals surface area contributed by atoms with Gasteiger partial charge in [-0.2, -0.15) is 5.10 Å². The molecule has 0 amide bonds. The smallest absolute Gasteiger partial charge is 0.165 e. The van der Waals surface area contributed by atoms with Gasteiger partial charge in [0.15, 0.2) is 5.82 Å². The molecule has 1 rings (SSSR count). The van der Waals surface area contributed by atoms with Crippen LogP contribution in [0.1, 0.15) is 7.20 Å². The van der Waals surface area contributed by atoms with Crippen LogP contribution in [0, 0.1) is 0 Å². The fraction of sp³-hybridized carbons (Fsp3) is 0.500. The molecule has 0 N–H and O–H groups in total. The highest BCUT2D eigenvalue weighted by Crippen LogP contribution is 1.91. The SMILES string of the molecule is Cl.[2H]c1nc(CCl)nn1C. The lowest BCUT2D eigenvalue weighted by atomic mass is 10.7. The molecular formula is C4H7Cl2N3. The highest BCUT2D eigenvalue weighted by Gasteiger charge is 1.91. The highest BCUT2D eigenvalue weighted by molar-refractivity contribution is 6.16. The summed E-state index contributed by atoms with van der Waals surface area (Å²) in [6.07, 6.45) is 0.144. The van der Waals surface area contributed by atoms with E-state index in [-0.39, 0.29) is 24.6 Å². The van der Waals surface area contributed by atoms with Crippen LogP contribution in [0.15, 0.2) is 6.30 Å². The Kier molecular flexibility index (Phi) is 2.80. The van der Waals surface area contributed by atoms with Crippen LogP contribution >= 0.6 is 24.0 Å². The molecule has 0 aliphatic heterocycles. The van der Waals surface area contributed by atoms with E-state index in [2.05, 4.69) is 10.1 Å². The van der Waals surface area contributed by atoms with Gasteiger partial charge in [0.05, 0.1) is 5.88 Å². The van der Waals surface area contributed by atoms with E-state index in [0.29, 0.717) is 5.82 Å². The first kappa shape index (κ1) is 6.83. The van der Waals surface area contributed by atoms with Crippen molar-refractivity contribution in [2.45, 2.75) is 5.88 Å². The summed E-state index contributed by atoms with van der Waals surface area (Å²) in [4.78, 5) is 3.72. The first-order valence-electron chi connectivity index (χ1n) is 2.66. The fourth-order valence-corrected chi connectivity index (χ4v) is 0.518. The Balaban J connectivity index is 0.000000810. The van der Waals surface area contributed by atoms with Gasteiger partial charge in [0.2, 0.25) is 0 Å². The predicted molar refractivity (Wildman–Crippen MR) is 37.8 cm³/mol. The van der Waals surface area contributed by atoms with Gasteiger partial charge in [0.1, 0.15) is 7.67 Å². The zero-order valence-corrected chi connectivity index (χ0v) is 6.41. The van der Waals surface area contributed by atoms with Crippen molar-refractivity contribution in [2.24, 2.45) is 7.05 Å². The van der Waals surface area contributed by atoms with Crippen LogP contribution in [0.5, 0.6) is 0 Å². The number of alkyl halides is 1. The highest BCUT2D eigenvalue weighted by atomic mass is 35.5. The quantitative estimate of drug-likeness (QED) is 0.586. The topological polar surface area (TPSA) is 30.7 Å². The van der Waals surface area contributed by atoms with Crippen LogP contribution in [-0.4, -0.2) is 14.8 Å². The maximum atomic E-state index is 7.07. The minimum absolute atomic E-state index is 0. The van der Waals surface area contributed by atoms with Crippen molar-refractivity contribution in [3.05, 3.63) is 12.1 Å². The molecule has 0 radical (unpaired) electrons. The van der Waals surface area contributed by atoms with E-state index in [4.69, 9.17) is 13.0 Å². The van der Waals surface area contributed by atoms with Crippen molar-refractivity contribution in [1.29, 1.82) is 0 Å². The van der Waals surface area contributed by atoms with Crippen molar-refractivity contribution in [2.75, 3.05) is 0 Å². The summed E-state index contributed by atoms with van der Waals surface area (Å²) in [6.45, 7) is 0. The summed E-state index contributed by atoms with van der Waals surface area (Å²) in [7, 11) is 1.66. The summed E-state index contributed by atoms with van der Waals surface area (Å²) >= 11 is 5.39. The molecule has 3 nitrogen and oxygen atoms in total. The van der Waals surface area contributed by atoms with E-state index in [1.807, 2.05) is 0 Å². The van der Waals surface area contributed by atoms with Crippen LogP contribution in [-0.2, 0) is 12.9 Å². The number of aromatic nitrogens is 3. The summed E-state index contributed by atoms with van der Waals surface area (Å²) in [6, 6.07) is 0. The Morgan fingerprint density at radius 3 is 2.89 bits per heavy atom. The normalized spacial score (nSPS) is 10.2. The number of hydrogen-bond acceptors (Lipinski definition) is 2. The average Bonchev–Trinajstić information content (AvgIpc) is 2.13. The standard InChI is InChI=1S/C4H6ClN3.ClH/c1-8-3-6-4(2-5)7-8;/h3H,2H2,1H3;1H/i3D;. The van der Waals surface area contributed by atoms with Crippen molar-refractivity contribution < 1.29 is 1.37 Å². The fourth-order valence-electron chi connectivity index (χ4n) is 0.405. The summed E-state index contributed by atoms with van der Waals surface area (Å²) in [5.74, 6) is 0.774. The average molecular weight is 169 g/mol. The Morgan fingerprint density at radius 1 is 2.00 bits per heavy atom. The molecule has 5 heteroatoms. The van der Waals surface area contributed by atoms with E-state index in [1.54, 1.807) is 7.05 Å². The zero-order chi connectivity index (χ0) is 6.85. The third kappa shape index (κ3) is 2.20. The molecule has 1 aromatic rings. The molecule has 9 heavy (non-hydrogen) atoms. The largest absolute Gasteiger partial charge is 0.256 e. The number of nitrogens with zero attached hydrogens (tertiary/aromatic N) is 3. The van der Waals surface area contributed by atoms with Gasteiger partial charge in [-0.15, -0.1) is 24.0 Å². The molecule has 0 aromatic carbocycles. The monoisotopic (exact) mass is 168 g/mol. The van der Waals surface area contributed by atoms with Gasteiger partial charge in [0, 0.05) is 7.05 Å². The minimum Gasteiger partial charge on any atom is -0.256 e. The van der Waals surface area contributed by atoms with E-state index < -0.39 is 0 Å². The van der Waals surface area contributed by atoms with Gasteiger partial charge < -0.3 is 0 Å². The van der Waals surface area contributed by atoms with Crippen molar-refractivity contribution in [3.8, 4) is 0 Å². The van der Waals surface area contributed by atoms with Crippen LogP contribution in [0.2, 0.25) is 0 Å². The number of halogens is 2. The molecule has 52 valence electrons. The lowest BCUT2D eigenvalue weighted by Gasteiger charge is -1.79. The number of rotatable bonds is 1. The van der Waals surface area contributed by atoms with Crippen molar-refractivity contribution >= 4 is 24.0 Å². The van der Waals surface area contributed by atoms with E-state index in [9.17, 15) is 0 Å². The van der Waals surface area contributed by atoms with E-state index in [1.165, 1.54) is 4.68 Å². The zero-order valence-electron chi connectivity index (χ0n) is 5.83. The Bertz CT molecular complexity index is 193. The molecule has 1 heterocycles. The predicted octanol–water partition coefficient (Wildman–Crippen LogP) is 0.976. The third-order valence-corrected chi connectivity index (χ3v) is 0.948. The minimum atomic E-state index is 0. The van der Waals surface area contributed by atoms with Crippen LogP contribution in [0.25, 0.3) is 0 Å². The second-order valence-electron chi connectivity index (χ2n) is 1.39. The molecule has 0 aliphatic rings. The lowest BCUT2D eigenvalue weighted by molar-refractivity contribution is 0.754. The number of hydrogen-bond donors (Lipinski definition) is 0. The second-order valence-corrected chi connectivity index (χ2v) is 1.65. The second kappa shape index (κ2) is 3.69. The van der Waals surface area contributed by atoms with Gasteiger partial charge in [-0.25, -0.2) is 4.98 Å². The van der Waals surface area contributed by atoms with Gasteiger partial charge in [0.25, 0.3) is 0 Å². The number of aryl methyl sites for hydroxylation is 1. The molecule has 1 aromatic heterocycles. The molecule has 0 aliphatic carbocycles. The maximum Gasteiger partial charge on any atom is 0.165 e. The van der Waals surface area contributed by atoms with Crippen LogP contribution in [0.3, 0.4) is 0 Å². The van der Waals surface area contributed by atoms with E-state index in [0.717, 1.165) is 0 Å². The molecule has 0 saturated heterocycles. The van der Waals surface area contributed by atoms with Gasteiger partial charge in [-0.1, -0.05) is 0 Å². The van der Waals surface area contributed by atoms with E-state index >= 15 is 0 Å². The first-order valence-corrected chi connectivity index (χ1v) is 2.70. The van der Waals surface area contributed by atoms with Gasteiger partial charge in [-0.05, 0) is 0 Å². The van der Waals surface area contributed by atoms with Crippen LogP contribution < -0.4 is 0 Å². The van der Waals surface area contributed by atoms with Crippen molar-refractivity contribution in [1.82, 2.24) is 14.8 Å². The molecule has 0 spiro atoms. The van der Waals surface area contributed by atoms with Crippen LogP contribution in [0.4, 0.5) is 0 Å². The Hall–Kier alpha value is -0.280. The van der Waals surface area contributed by atoms with Gasteiger partial charge >= 0.3 is 0 Å². The molecular weight excluding hydrogens is 161 g/mol. The molecule has 0 atom stereocenters. The summed E-state index contributed by atoms with van der Waals surface area (Å²) < 4.78 is 8.45. The lowest BCUT2D eigenvalue weighted by Crippen LogP contribution is -1.88.